The maximum absolute atomic E-state index is 13.3. The monoisotopic (exact) mass is 363 g/mol. The highest BCUT2D eigenvalue weighted by Gasteiger charge is 2.19. The van der Waals surface area contributed by atoms with Gasteiger partial charge in [-0.1, -0.05) is 66.7 Å². The number of hydrogen-bond acceptors (Lipinski definition) is 2. The first-order valence-electron chi connectivity index (χ1n) is 9.15. The van der Waals surface area contributed by atoms with E-state index in [9.17, 15) is 9.90 Å². The number of benzene rings is 4. The number of carbonyl (C=O) groups is 1. The number of aromatic amines is 1. The van der Waals surface area contributed by atoms with Crippen molar-refractivity contribution in [3.8, 4) is 16.9 Å². The standard InChI is InChI=1S/C25H17NO2/c27-18-11-14-22-21(15-18)19-12-13-20(25(28)17-9-5-2-6-10-17)23(24(19)26-22)16-7-3-1-4-8-16/h1-15,26-27H. The van der Waals surface area contributed by atoms with E-state index in [0.29, 0.717) is 11.1 Å². The third-order valence-corrected chi connectivity index (χ3v) is 5.10. The van der Waals surface area contributed by atoms with E-state index in [2.05, 4.69) is 4.98 Å². The lowest BCUT2D eigenvalue weighted by molar-refractivity contribution is 0.103. The van der Waals surface area contributed by atoms with Gasteiger partial charge in [0, 0.05) is 33.0 Å². The zero-order chi connectivity index (χ0) is 19.1. The molecule has 0 fully saturated rings. The predicted molar refractivity (Wildman–Crippen MR) is 113 cm³/mol. The molecule has 0 aliphatic carbocycles. The van der Waals surface area contributed by atoms with Crippen molar-refractivity contribution in [2.75, 3.05) is 0 Å². The quantitative estimate of drug-likeness (QED) is 0.391. The summed E-state index contributed by atoms with van der Waals surface area (Å²) < 4.78 is 0. The Morgan fingerprint density at radius 3 is 2.21 bits per heavy atom. The SMILES string of the molecule is O=C(c1ccccc1)c1ccc2c([nH]c3ccc(O)cc32)c1-c1ccccc1. The van der Waals surface area contributed by atoms with E-state index in [-0.39, 0.29) is 11.5 Å². The molecule has 0 unspecified atom stereocenters. The predicted octanol–water partition coefficient (Wildman–Crippen LogP) is 5.92. The average molecular weight is 363 g/mol. The number of rotatable bonds is 3. The van der Waals surface area contributed by atoms with E-state index in [1.54, 1.807) is 12.1 Å². The van der Waals surface area contributed by atoms with Crippen molar-refractivity contribution in [1.82, 2.24) is 4.98 Å². The van der Waals surface area contributed by atoms with Gasteiger partial charge < -0.3 is 10.1 Å². The number of aromatic hydroxyl groups is 1. The summed E-state index contributed by atoms with van der Waals surface area (Å²) in [6.07, 6.45) is 0. The Labute approximate surface area is 161 Å². The summed E-state index contributed by atoms with van der Waals surface area (Å²) in [5.74, 6) is 0.210. The molecule has 0 atom stereocenters. The van der Waals surface area contributed by atoms with Gasteiger partial charge in [0.1, 0.15) is 5.75 Å². The second-order valence-electron chi connectivity index (χ2n) is 6.83. The highest BCUT2D eigenvalue weighted by molar-refractivity contribution is 6.20. The highest BCUT2D eigenvalue weighted by atomic mass is 16.3. The van der Waals surface area contributed by atoms with Crippen molar-refractivity contribution in [3.63, 3.8) is 0 Å². The van der Waals surface area contributed by atoms with Gasteiger partial charge in [0.25, 0.3) is 0 Å². The van der Waals surface area contributed by atoms with Crippen LogP contribution in [0.1, 0.15) is 15.9 Å². The van der Waals surface area contributed by atoms with Crippen LogP contribution in [0, 0.1) is 0 Å². The van der Waals surface area contributed by atoms with Gasteiger partial charge in [-0.05, 0) is 29.8 Å². The molecule has 0 radical (unpaired) electrons. The van der Waals surface area contributed by atoms with Gasteiger partial charge in [-0.3, -0.25) is 4.79 Å². The first-order valence-corrected chi connectivity index (χ1v) is 9.15. The van der Waals surface area contributed by atoms with Crippen LogP contribution < -0.4 is 0 Å². The molecule has 134 valence electrons. The van der Waals surface area contributed by atoms with Crippen molar-refractivity contribution in [2.24, 2.45) is 0 Å². The molecule has 0 saturated carbocycles. The van der Waals surface area contributed by atoms with E-state index >= 15 is 0 Å². The number of phenolic OH excluding ortho intramolecular Hbond substituents is 1. The van der Waals surface area contributed by atoms with Crippen molar-refractivity contribution >= 4 is 27.6 Å². The van der Waals surface area contributed by atoms with Gasteiger partial charge in [-0.15, -0.1) is 0 Å². The largest absolute Gasteiger partial charge is 0.508 e. The lowest BCUT2D eigenvalue weighted by Gasteiger charge is -2.11. The van der Waals surface area contributed by atoms with E-state index in [0.717, 1.165) is 32.9 Å². The summed E-state index contributed by atoms with van der Waals surface area (Å²) in [6, 6.07) is 28.4. The number of fused-ring (bicyclic) bond motifs is 3. The zero-order valence-electron chi connectivity index (χ0n) is 15.0. The number of hydrogen-bond donors (Lipinski definition) is 2. The summed E-state index contributed by atoms with van der Waals surface area (Å²) >= 11 is 0. The molecule has 0 amide bonds. The van der Waals surface area contributed by atoms with Crippen LogP contribution in [-0.4, -0.2) is 15.9 Å². The minimum absolute atomic E-state index is 0.0112. The van der Waals surface area contributed by atoms with E-state index in [1.165, 1.54) is 0 Å². The molecule has 5 aromatic rings. The van der Waals surface area contributed by atoms with Crippen molar-refractivity contribution in [1.29, 1.82) is 0 Å². The molecule has 3 nitrogen and oxygen atoms in total. The van der Waals surface area contributed by atoms with Crippen LogP contribution in [0.2, 0.25) is 0 Å². The Kier molecular flexibility index (Phi) is 3.73. The van der Waals surface area contributed by atoms with Crippen LogP contribution in [0.5, 0.6) is 5.75 Å². The minimum Gasteiger partial charge on any atom is -0.508 e. The number of phenols is 1. The number of H-pyrrole nitrogens is 1. The van der Waals surface area contributed by atoms with Gasteiger partial charge in [0.05, 0.1) is 5.52 Å². The van der Waals surface area contributed by atoms with E-state index in [1.807, 2.05) is 78.9 Å². The van der Waals surface area contributed by atoms with Crippen molar-refractivity contribution in [2.45, 2.75) is 0 Å². The number of nitrogens with one attached hydrogen (secondary N) is 1. The summed E-state index contributed by atoms with van der Waals surface area (Å²) in [7, 11) is 0. The van der Waals surface area contributed by atoms with Crippen LogP contribution in [0.25, 0.3) is 32.9 Å². The number of aromatic nitrogens is 1. The first-order chi connectivity index (χ1) is 13.7. The smallest absolute Gasteiger partial charge is 0.193 e. The summed E-state index contributed by atoms with van der Waals surface area (Å²) in [5.41, 5.74) is 4.99. The molecule has 1 aromatic heterocycles. The molecule has 0 spiro atoms. The van der Waals surface area contributed by atoms with Crippen molar-refractivity contribution in [3.05, 3.63) is 102 Å². The Hall–Kier alpha value is -3.85. The molecule has 0 bridgehead atoms. The van der Waals surface area contributed by atoms with E-state index in [4.69, 9.17) is 0 Å². The van der Waals surface area contributed by atoms with Crippen LogP contribution >= 0.6 is 0 Å². The maximum Gasteiger partial charge on any atom is 0.193 e. The van der Waals surface area contributed by atoms with Gasteiger partial charge in [0.15, 0.2) is 5.78 Å². The molecule has 5 rings (SSSR count). The normalized spacial score (nSPS) is 11.1. The lowest BCUT2D eigenvalue weighted by Crippen LogP contribution is -2.04. The van der Waals surface area contributed by atoms with Gasteiger partial charge >= 0.3 is 0 Å². The molecule has 1 heterocycles. The summed E-state index contributed by atoms with van der Waals surface area (Å²) in [6.45, 7) is 0. The van der Waals surface area contributed by atoms with Crippen LogP contribution in [-0.2, 0) is 0 Å². The van der Waals surface area contributed by atoms with E-state index < -0.39 is 0 Å². The van der Waals surface area contributed by atoms with Crippen LogP contribution in [0.15, 0.2) is 91.0 Å². The van der Waals surface area contributed by atoms with Gasteiger partial charge in [-0.25, -0.2) is 0 Å². The second-order valence-corrected chi connectivity index (χ2v) is 6.83. The third kappa shape index (κ3) is 2.57. The fraction of sp³-hybridized carbons (Fsp3) is 0. The van der Waals surface area contributed by atoms with Gasteiger partial charge in [0.2, 0.25) is 0 Å². The molecule has 28 heavy (non-hydrogen) atoms. The first kappa shape index (κ1) is 16.3. The number of ketones is 1. The average Bonchev–Trinajstić information content (AvgIpc) is 3.11. The second kappa shape index (κ2) is 6.39. The van der Waals surface area contributed by atoms with Crippen LogP contribution in [0.4, 0.5) is 0 Å². The highest BCUT2D eigenvalue weighted by Crippen LogP contribution is 2.37. The fourth-order valence-corrected chi connectivity index (χ4v) is 3.79. The molecule has 0 aliphatic rings. The summed E-state index contributed by atoms with van der Waals surface area (Å²) in [5, 5.41) is 11.8. The third-order valence-electron chi connectivity index (χ3n) is 5.10. The molecular formula is C25H17NO2. The summed E-state index contributed by atoms with van der Waals surface area (Å²) in [4.78, 5) is 16.8. The Morgan fingerprint density at radius 2 is 1.46 bits per heavy atom. The lowest BCUT2D eigenvalue weighted by atomic mass is 9.92. The molecule has 2 N–H and O–H groups in total. The minimum atomic E-state index is -0.0112. The molecular weight excluding hydrogens is 346 g/mol. The number of carbonyl (C=O) groups excluding carboxylic acids is 1. The van der Waals surface area contributed by atoms with Crippen LogP contribution in [0.3, 0.4) is 0 Å². The molecule has 0 aliphatic heterocycles. The van der Waals surface area contributed by atoms with Gasteiger partial charge in [-0.2, -0.15) is 0 Å². The Bertz CT molecular complexity index is 1320. The molecule has 4 aromatic carbocycles. The molecule has 3 heteroatoms. The Balaban J connectivity index is 1.86. The molecule has 0 saturated heterocycles. The zero-order valence-corrected chi connectivity index (χ0v) is 15.0. The topological polar surface area (TPSA) is 53.1 Å². The Morgan fingerprint density at radius 1 is 0.750 bits per heavy atom. The van der Waals surface area contributed by atoms with Crippen molar-refractivity contribution < 1.29 is 9.90 Å². The fourth-order valence-electron chi connectivity index (χ4n) is 3.79. The maximum atomic E-state index is 13.3.